The number of anilines is 1. The van der Waals surface area contributed by atoms with Crippen LogP contribution in [0.5, 0.6) is 0 Å². The summed E-state index contributed by atoms with van der Waals surface area (Å²) in [6, 6.07) is 12.9. The Hall–Kier alpha value is -2.05. The maximum Gasteiger partial charge on any atom is 0.297 e. The maximum absolute atomic E-state index is 12.2. The van der Waals surface area contributed by atoms with Gasteiger partial charge in [-0.25, -0.2) is 0 Å². The first-order chi connectivity index (χ1) is 8.59. The van der Waals surface area contributed by atoms with Crippen LogP contribution >= 0.6 is 0 Å². The molecule has 0 spiro atoms. The third-order valence-corrected chi connectivity index (χ3v) is 3.75. The molecule has 0 saturated carbocycles. The third kappa shape index (κ3) is 2.44. The van der Waals surface area contributed by atoms with Gasteiger partial charge in [0, 0.05) is 11.2 Å². The molecule has 0 aliphatic heterocycles. The van der Waals surface area contributed by atoms with Crippen LogP contribution in [-0.2, 0) is 11.2 Å². The van der Waals surface area contributed by atoms with Gasteiger partial charge in [-0.15, -0.1) is 0 Å². The van der Waals surface area contributed by atoms with Gasteiger partial charge < -0.3 is 10.3 Å². The number of nitro benzene ring substituents is 1. The summed E-state index contributed by atoms with van der Waals surface area (Å²) in [5.41, 5.74) is 5.33. The minimum absolute atomic E-state index is 0.0637. The van der Waals surface area contributed by atoms with Crippen LogP contribution in [0.4, 0.5) is 11.4 Å². The van der Waals surface area contributed by atoms with Gasteiger partial charge in [-0.05, 0) is 24.3 Å². The molecule has 0 radical (unpaired) electrons. The van der Waals surface area contributed by atoms with E-state index in [1.807, 2.05) is 6.07 Å². The molecule has 1 atom stereocenters. The second-order valence-corrected chi connectivity index (χ2v) is 5.04. The molecule has 18 heavy (non-hydrogen) atoms. The van der Waals surface area contributed by atoms with E-state index < -0.39 is 16.1 Å². The van der Waals surface area contributed by atoms with Crippen LogP contribution in [0.15, 0.2) is 58.3 Å². The molecule has 0 amide bonds. The number of nitrogen functional groups attached to an aromatic ring is 1. The second-order valence-electron chi connectivity index (χ2n) is 3.56. The largest absolute Gasteiger partial charge is 0.606 e. The Balaban J connectivity index is 2.40. The zero-order valence-electron chi connectivity index (χ0n) is 9.28. The summed E-state index contributed by atoms with van der Waals surface area (Å²) < 4.78 is 12.2. The van der Waals surface area contributed by atoms with Crippen LogP contribution in [0, 0.1) is 10.1 Å². The first kappa shape index (κ1) is 12.4. The Labute approximate surface area is 107 Å². The Kier molecular flexibility index (Phi) is 3.50. The van der Waals surface area contributed by atoms with Gasteiger partial charge in [0.05, 0.1) is 11.0 Å². The van der Waals surface area contributed by atoms with Crippen molar-refractivity contribution in [1.29, 1.82) is 0 Å². The molecule has 0 heterocycles. The van der Waals surface area contributed by atoms with E-state index in [1.165, 1.54) is 18.2 Å². The van der Waals surface area contributed by atoms with Crippen molar-refractivity contribution in [2.24, 2.45) is 0 Å². The molecule has 2 rings (SSSR count). The Bertz CT molecular complexity index is 575. The highest BCUT2D eigenvalue weighted by Crippen LogP contribution is 2.28. The van der Waals surface area contributed by atoms with E-state index in [2.05, 4.69) is 0 Å². The molecule has 0 aliphatic rings. The summed E-state index contributed by atoms with van der Waals surface area (Å²) in [7, 11) is 0. The molecule has 2 aromatic carbocycles. The van der Waals surface area contributed by atoms with E-state index in [-0.39, 0.29) is 11.4 Å². The molecule has 0 fully saturated rings. The summed E-state index contributed by atoms with van der Waals surface area (Å²) >= 11 is -1.44. The molecule has 5 nitrogen and oxygen atoms in total. The monoisotopic (exact) mass is 262 g/mol. The Morgan fingerprint density at radius 2 is 1.72 bits per heavy atom. The number of hydrogen-bond acceptors (Lipinski definition) is 4. The van der Waals surface area contributed by atoms with Crippen molar-refractivity contribution in [1.82, 2.24) is 0 Å². The lowest BCUT2D eigenvalue weighted by Crippen LogP contribution is -2.04. The Morgan fingerprint density at radius 3 is 2.33 bits per heavy atom. The summed E-state index contributed by atoms with van der Waals surface area (Å²) in [5, 5.41) is 10.8. The fourth-order valence-electron chi connectivity index (χ4n) is 1.48. The normalized spacial score (nSPS) is 12.1. The van der Waals surface area contributed by atoms with Crippen LogP contribution in [0.2, 0.25) is 0 Å². The van der Waals surface area contributed by atoms with Gasteiger partial charge in [0.15, 0.2) is 9.79 Å². The summed E-state index contributed by atoms with van der Waals surface area (Å²) in [6.07, 6.45) is 0. The number of nitrogens with two attached hydrogens (primary N) is 1. The maximum atomic E-state index is 12.2. The lowest BCUT2D eigenvalue weighted by Gasteiger charge is -2.09. The van der Waals surface area contributed by atoms with Crippen LogP contribution in [0.3, 0.4) is 0 Å². The SMILES string of the molecule is Nc1ccc([S+]([O-])c2ccccc2)cc1[N+](=O)[O-]. The van der Waals surface area contributed by atoms with E-state index in [4.69, 9.17) is 5.73 Å². The van der Waals surface area contributed by atoms with Gasteiger partial charge >= 0.3 is 0 Å². The highest BCUT2D eigenvalue weighted by Gasteiger charge is 2.20. The first-order valence-electron chi connectivity index (χ1n) is 5.10. The van der Waals surface area contributed by atoms with E-state index >= 15 is 0 Å². The standard InChI is InChI=1S/C12H10N2O3S/c13-11-7-6-10(8-12(11)14(15)16)18(17)9-4-2-1-3-5-9/h1-8H,13H2. The molecule has 6 heteroatoms. The van der Waals surface area contributed by atoms with Crippen molar-refractivity contribution in [2.75, 3.05) is 5.73 Å². The van der Waals surface area contributed by atoms with Crippen molar-refractivity contribution in [3.8, 4) is 0 Å². The van der Waals surface area contributed by atoms with Gasteiger partial charge in [-0.3, -0.25) is 10.1 Å². The first-order valence-corrected chi connectivity index (χ1v) is 6.25. The highest BCUT2D eigenvalue weighted by molar-refractivity contribution is 7.91. The van der Waals surface area contributed by atoms with Gasteiger partial charge in [0.2, 0.25) is 0 Å². The van der Waals surface area contributed by atoms with Crippen molar-refractivity contribution < 1.29 is 9.48 Å². The lowest BCUT2D eigenvalue weighted by molar-refractivity contribution is -0.384. The third-order valence-electron chi connectivity index (χ3n) is 2.37. The summed E-state index contributed by atoms with van der Waals surface area (Å²) in [5.74, 6) is 0. The predicted octanol–water partition coefficient (Wildman–Crippen LogP) is 2.34. The molecule has 0 aliphatic carbocycles. The second kappa shape index (κ2) is 5.07. The number of nitrogens with zero attached hydrogens (tertiary/aromatic N) is 1. The van der Waals surface area contributed by atoms with E-state index in [0.29, 0.717) is 9.79 Å². The average Bonchev–Trinajstić information content (AvgIpc) is 2.39. The average molecular weight is 262 g/mol. The van der Waals surface area contributed by atoms with Crippen LogP contribution in [0.1, 0.15) is 0 Å². The summed E-state index contributed by atoms with van der Waals surface area (Å²) in [4.78, 5) is 11.1. The van der Waals surface area contributed by atoms with Gasteiger partial charge in [-0.1, -0.05) is 18.2 Å². The minimum Gasteiger partial charge on any atom is -0.606 e. The van der Waals surface area contributed by atoms with Crippen LogP contribution in [-0.4, -0.2) is 9.48 Å². The van der Waals surface area contributed by atoms with Gasteiger partial charge in [0.25, 0.3) is 5.69 Å². The molecule has 1 unspecified atom stereocenters. The number of nitro groups is 1. The van der Waals surface area contributed by atoms with Gasteiger partial charge in [0.1, 0.15) is 5.69 Å². The highest BCUT2D eigenvalue weighted by atomic mass is 32.2. The minimum atomic E-state index is -1.44. The molecule has 2 aromatic rings. The molecule has 2 N–H and O–H groups in total. The molecule has 0 aromatic heterocycles. The zero-order chi connectivity index (χ0) is 13.1. The van der Waals surface area contributed by atoms with Crippen molar-refractivity contribution in [2.45, 2.75) is 9.79 Å². The van der Waals surface area contributed by atoms with Crippen molar-refractivity contribution in [3.63, 3.8) is 0 Å². The number of rotatable bonds is 3. The van der Waals surface area contributed by atoms with E-state index in [9.17, 15) is 14.7 Å². The smallest absolute Gasteiger partial charge is 0.297 e. The molecular weight excluding hydrogens is 252 g/mol. The topological polar surface area (TPSA) is 92.2 Å². The quantitative estimate of drug-likeness (QED) is 0.397. The molecular formula is C12H10N2O3S. The van der Waals surface area contributed by atoms with Crippen LogP contribution < -0.4 is 5.73 Å². The molecule has 0 bridgehead atoms. The van der Waals surface area contributed by atoms with E-state index in [0.717, 1.165) is 0 Å². The lowest BCUT2D eigenvalue weighted by atomic mass is 10.3. The van der Waals surface area contributed by atoms with Crippen LogP contribution in [0.25, 0.3) is 0 Å². The fraction of sp³-hybridized carbons (Fsp3) is 0. The Morgan fingerprint density at radius 1 is 1.06 bits per heavy atom. The van der Waals surface area contributed by atoms with Gasteiger partial charge in [-0.2, -0.15) is 0 Å². The zero-order valence-corrected chi connectivity index (χ0v) is 10.1. The summed E-state index contributed by atoms with van der Waals surface area (Å²) in [6.45, 7) is 0. The predicted molar refractivity (Wildman–Crippen MR) is 68.6 cm³/mol. The number of benzene rings is 2. The van der Waals surface area contributed by atoms with Crippen molar-refractivity contribution in [3.05, 3.63) is 58.6 Å². The molecule has 0 saturated heterocycles. The van der Waals surface area contributed by atoms with Crippen molar-refractivity contribution >= 4 is 22.6 Å². The molecule has 92 valence electrons. The number of hydrogen-bond donors (Lipinski definition) is 1. The fourth-order valence-corrected chi connectivity index (χ4v) is 2.56. The van der Waals surface area contributed by atoms with E-state index in [1.54, 1.807) is 24.3 Å².